The van der Waals surface area contributed by atoms with Crippen molar-refractivity contribution in [1.29, 1.82) is 0 Å². The van der Waals surface area contributed by atoms with Crippen LogP contribution in [0.25, 0.3) is 0 Å². The lowest BCUT2D eigenvalue weighted by Crippen LogP contribution is -2.40. The van der Waals surface area contributed by atoms with Gasteiger partial charge in [0, 0.05) is 25.6 Å². The Balaban J connectivity index is 0.00000161. The summed E-state index contributed by atoms with van der Waals surface area (Å²) in [6, 6.07) is 8.94. The molecule has 3 rings (SSSR count). The molecule has 1 aromatic carbocycles. The fraction of sp³-hybridized carbons (Fsp3) is 0.588. The van der Waals surface area contributed by atoms with Crippen molar-refractivity contribution >= 4 is 18.3 Å². The lowest BCUT2D eigenvalue weighted by molar-refractivity contribution is -0.132. The van der Waals surface area contributed by atoms with E-state index in [-0.39, 0.29) is 12.4 Å². The molecule has 1 saturated heterocycles. The standard InChI is InChI=1S/C17H24N2O.ClH/c18-12-16-6-3-9-19(16)17(20)11-13-7-8-14-4-1-2-5-15(14)10-13;/h1-2,4-5,13,16H,3,6-12,18H2;1H. The monoisotopic (exact) mass is 308 g/mol. The van der Waals surface area contributed by atoms with Crippen LogP contribution < -0.4 is 5.73 Å². The van der Waals surface area contributed by atoms with E-state index in [1.165, 1.54) is 11.1 Å². The first-order chi connectivity index (χ1) is 9.78. The summed E-state index contributed by atoms with van der Waals surface area (Å²) in [4.78, 5) is 14.5. The van der Waals surface area contributed by atoms with Gasteiger partial charge in [-0.15, -0.1) is 12.4 Å². The first-order valence-electron chi connectivity index (χ1n) is 7.84. The van der Waals surface area contributed by atoms with E-state index in [4.69, 9.17) is 5.73 Å². The van der Waals surface area contributed by atoms with Gasteiger partial charge in [-0.1, -0.05) is 24.3 Å². The fourth-order valence-corrected chi connectivity index (χ4v) is 3.72. The van der Waals surface area contributed by atoms with Crippen LogP contribution in [0.5, 0.6) is 0 Å². The maximum atomic E-state index is 12.5. The topological polar surface area (TPSA) is 46.3 Å². The Kier molecular flexibility index (Phi) is 5.65. The number of aryl methyl sites for hydroxylation is 1. The lowest BCUT2D eigenvalue weighted by atomic mass is 9.82. The van der Waals surface area contributed by atoms with Gasteiger partial charge in [-0.05, 0) is 49.1 Å². The zero-order valence-corrected chi connectivity index (χ0v) is 13.3. The third-order valence-electron chi connectivity index (χ3n) is 4.88. The maximum absolute atomic E-state index is 12.5. The molecule has 3 nitrogen and oxygen atoms in total. The van der Waals surface area contributed by atoms with Crippen LogP contribution in [0.1, 0.15) is 36.8 Å². The molecule has 1 heterocycles. The van der Waals surface area contributed by atoms with E-state index < -0.39 is 0 Å². The van der Waals surface area contributed by atoms with Crippen LogP contribution in [0.15, 0.2) is 24.3 Å². The van der Waals surface area contributed by atoms with Crippen molar-refractivity contribution in [3.63, 3.8) is 0 Å². The van der Waals surface area contributed by atoms with E-state index in [0.717, 1.165) is 38.6 Å². The summed E-state index contributed by atoms with van der Waals surface area (Å²) in [5.41, 5.74) is 8.67. The summed E-state index contributed by atoms with van der Waals surface area (Å²) in [6.45, 7) is 1.52. The van der Waals surface area contributed by atoms with E-state index in [1.807, 2.05) is 4.90 Å². The molecule has 1 fully saturated rings. The number of carbonyl (C=O) groups excluding carboxylic acids is 1. The minimum Gasteiger partial charge on any atom is -0.338 e. The molecule has 0 bridgehead atoms. The number of nitrogens with zero attached hydrogens (tertiary/aromatic N) is 1. The van der Waals surface area contributed by atoms with Crippen molar-refractivity contribution in [1.82, 2.24) is 4.90 Å². The highest BCUT2D eigenvalue weighted by Gasteiger charge is 2.29. The number of amides is 1. The molecular formula is C17H25ClN2O. The number of fused-ring (bicyclic) bond motifs is 1. The number of carbonyl (C=O) groups is 1. The predicted octanol–water partition coefficient (Wildman–Crippen LogP) is 2.55. The smallest absolute Gasteiger partial charge is 0.223 e. The van der Waals surface area contributed by atoms with Crippen LogP contribution in [0.2, 0.25) is 0 Å². The summed E-state index contributed by atoms with van der Waals surface area (Å²) in [7, 11) is 0. The number of halogens is 1. The number of nitrogens with two attached hydrogens (primary N) is 1. The molecule has 0 radical (unpaired) electrons. The van der Waals surface area contributed by atoms with Crippen LogP contribution in [0.3, 0.4) is 0 Å². The minimum atomic E-state index is 0. The number of likely N-dealkylation sites (tertiary alicyclic amines) is 1. The molecule has 0 spiro atoms. The highest BCUT2D eigenvalue weighted by atomic mass is 35.5. The van der Waals surface area contributed by atoms with Crippen LogP contribution in [-0.4, -0.2) is 29.9 Å². The Morgan fingerprint density at radius 3 is 2.76 bits per heavy atom. The van der Waals surface area contributed by atoms with Gasteiger partial charge in [0.15, 0.2) is 0 Å². The summed E-state index contributed by atoms with van der Waals surface area (Å²) >= 11 is 0. The summed E-state index contributed by atoms with van der Waals surface area (Å²) in [5, 5.41) is 0. The van der Waals surface area contributed by atoms with Crippen LogP contribution in [0.4, 0.5) is 0 Å². The Morgan fingerprint density at radius 2 is 2.00 bits per heavy atom. The van der Waals surface area contributed by atoms with Gasteiger partial charge in [0.25, 0.3) is 0 Å². The van der Waals surface area contributed by atoms with Gasteiger partial charge in [0.05, 0.1) is 0 Å². The normalized spacial score (nSPS) is 24.3. The van der Waals surface area contributed by atoms with Crippen LogP contribution in [-0.2, 0) is 17.6 Å². The second-order valence-electron chi connectivity index (χ2n) is 6.20. The average Bonchev–Trinajstić information content (AvgIpc) is 2.95. The zero-order valence-electron chi connectivity index (χ0n) is 12.5. The Labute approximate surface area is 133 Å². The molecule has 21 heavy (non-hydrogen) atoms. The average molecular weight is 309 g/mol. The largest absolute Gasteiger partial charge is 0.338 e. The van der Waals surface area contributed by atoms with Gasteiger partial charge in [-0.2, -0.15) is 0 Å². The second-order valence-corrected chi connectivity index (χ2v) is 6.20. The van der Waals surface area contributed by atoms with E-state index in [9.17, 15) is 4.79 Å². The van der Waals surface area contributed by atoms with Gasteiger partial charge in [0.1, 0.15) is 0 Å². The molecule has 116 valence electrons. The third kappa shape index (κ3) is 3.58. The first-order valence-corrected chi connectivity index (χ1v) is 7.84. The molecule has 1 aliphatic carbocycles. The molecular weight excluding hydrogens is 284 g/mol. The number of rotatable bonds is 3. The molecule has 1 aromatic rings. The summed E-state index contributed by atoms with van der Waals surface area (Å²) < 4.78 is 0. The minimum absolute atomic E-state index is 0. The van der Waals surface area contributed by atoms with E-state index in [1.54, 1.807) is 0 Å². The highest BCUT2D eigenvalue weighted by molar-refractivity contribution is 5.85. The van der Waals surface area contributed by atoms with Crippen molar-refractivity contribution in [2.24, 2.45) is 11.7 Å². The second kappa shape index (κ2) is 7.28. The van der Waals surface area contributed by atoms with Crippen molar-refractivity contribution < 1.29 is 4.79 Å². The predicted molar refractivity (Wildman–Crippen MR) is 87.6 cm³/mol. The summed E-state index contributed by atoms with van der Waals surface area (Å²) in [5.74, 6) is 0.832. The summed E-state index contributed by atoms with van der Waals surface area (Å²) in [6.07, 6.45) is 6.21. The Morgan fingerprint density at radius 1 is 1.24 bits per heavy atom. The molecule has 0 saturated carbocycles. The molecule has 2 N–H and O–H groups in total. The molecule has 2 unspecified atom stereocenters. The molecule has 2 aliphatic rings. The molecule has 2 atom stereocenters. The molecule has 0 aromatic heterocycles. The third-order valence-corrected chi connectivity index (χ3v) is 4.88. The Hall–Kier alpha value is -1.06. The zero-order chi connectivity index (χ0) is 13.9. The maximum Gasteiger partial charge on any atom is 0.223 e. The number of hydrogen-bond acceptors (Lipinski definition) is 2. The first kappa shape index (κ1) is 16.3. The van der Waals surface area contributed by atoms with E-state index in [0.29, 0.717) is 30.8 Å². The van der Waals surface area contributed by atoms with Crippen molar-refractivity contribution in [3.8, 4) is 0 Å². The SMILES string of the molecule is Cl.NCC1CCCN1C(=O)CC1CCc2ccccc2C1. The Bertz CT molecular complexity index is 491. The molecule has 4 heteroatoms. The lowest BCUT2D eigenvalue weighted by Gasteiger charge is -2.28. The van der Waals surface area contributed by atoms with Gasteiger partial charge < -0.3 is 10.6 Å². The number of benzene rings is 1. The van der Waals surface area contributed by atoms with E-state index in [2.05, 4.69) is 24.3 Å². The quantitative estimate of drug-likeness (QED) is 0.933. The van der Waals surface area contributed by atoms with E-state index >= 15 is 0 Å². The molecule has 1 aliphatic heterocycles. The molecule has 1 amide bonds. The van der Waals surface area contributed by atoms with Gasteiger partial charge in [0.2, 0.25) is 5.91 Å². The van der Waals surface area contributed by atoms with Crippen molar-refractivity contribution in [3.05, 3.63) is 35.4 Å². The fourth-order valence-electron chi connectivity index (χ4n) is 3.72. The van der Waals surface area contributed by atoms with Gasteiger partial charge in [-0.3, -0.25) is 4.79 Å². The van der Waals surface area contributed by atoms with Gasteiger partial charge in [-0.25, -0.2) is 0 Å². The van der Waals surface area contributed by atoms with Crippen molar-refractivity contribution in [2.45, 2.75) is 44.6 Å². The van der Waals surface area contributed by atoms with Crippen LogP contribution in [0, 0.1) is 5.92 Å². The van der Waals surface area contributed by atoms with Crippen molar-refractivity contribution in [2.75, 3.05) is 13.1 Å². The van der Waals surface area contributed by atoms with Gasteiger partial charge >= 0.3 is 0 Å². The van der Waals surface area contributed by atoms with Crippen LogP contribution >= 0.6 is 12.4 Å². The number of hydrogen-bond donors (Lipinski definition) is 1. The highest BCUT2D eigenvalue weighted by Crippen LogP contribution is 2.29.